The van der Waals surface area contributed by atoms with Crippen LogP contribution < -0.4 is 14.4 Å². The second-order valence-electron chi connectivity index (χ2n) is 8.29. The molecule has 3 heterocycles. The average Bonchev–Trinajstić information content (AvgIpc) is 3.26. The lowest BCUT2D eigenvalue weighted by atomic mass is 10.1. The number of piperazine rings is 1. The molecule has 32 heavy (non-hydrogen) atoms. The summed E-state index contributed by atoms with van der Waals surface area (Å²) in [4.78, 5) is 26.7. The van der Waals surface area contributed by atoms with Crippen molar-refractivity contribution in [2.45, 2.75) is 26.5 Å². The molecule has 166 valence electrons. The molecule has 2 aromatic carbocycles. The summed E-state index contributed by atoms with van der Waals surface area (Å²) < 4.78 is 16.3. The summed E-state index contributed by atoms with van der Waals surface area (Å²) in [5, 5.41) is 0. The van der Waals surface area contributed by atoms with Gasteiger partial charge in [-0.25, -0.2) is 14.8 Å². The third-order valence-electron chi connectivity index (χ3n) is 5.60. The first-order valence-corrected chi connectivity index (χ1v) is 10.9. The molecule has 0 saturated carbocycles. The zero-order chi connectivity index (χ0) is 22.1. The molecule has 2 aliphatic rings. The van der Waals surface area contributed by atoms with Crippen LogP contribution in [0.15, 0.2) is 42.5 Å². The van der Waals surface area contributed by atoms with E-state index in [9.17, 15) is 4.79 Å². The largest absolute Gasteiger partial charge is 0.458 e. The van der Waals surface area contributed by atoms with Crippen molar-refractivity contribution in [3.05, 3.63) is 53.7 Å². The first kappa shape index (κ1) is 20.5. The summed E-state index contributed by atoms with van der Waals surface area (Å²) in [6.07, 6.45) is -0.220. The molecule has 0 amide bonds. The molecule has 8 nitrogen and oxygen atoms in total. The maximum Gasteiger partial charge on any atom is 0.361 e. The van der Waals surface area contributed by atoms with Crippen LogP contribution in [0.1, 0.15) is 29.9 Å². The van der Waals surface area contributed by atoms with Gasteiger partial charge in [0, 0.05) is 32.7 Å². The zero-order valence-corrected chi connectivity index (χ0v) is 18.3. The molecule has 8 heteroatoms. The van der Waals surface area contributed by atoms with Gasteiger partial charge in [0.1, 0.15) is 0 Å². The van der Waals surface area contributed by atoms with Crippen molar-refractivity contribution in [2.75, 3.05) is 37.9 Å². The highest BCUT2D eigenvalue weighted by Crippen LogP contribution is 2.33. The molecule has 0 N–H and O–H groups in total. The number of rotatable bonds is 5. The number of ether oxygens (including phenoxy) is 3. The van der Waals surface area contributed by atoms with Crippen molar-refractivity contribution in [2.24, 2.45) is 0 Å². The van der Waals surface area contributed by atoms with Gasteiger partial charge in [-0.1, -0.05) is 18.2 Å². The van der Waals surface area contributed by atoms with E-state index < -0.39 is 5.97 Å². The lowest BCUT2D eigenvalue weighted by Gasteiger charge is -2.35. The Morgan fingerprint density at radius 3 is 2.47 bits per heavy atom. The van der Waals surface area contributed by atoms with Crippen LogP contribution in [-0.2, 0) is 11.3 Å². The first-order chi connectivity index (χ1) is 15.6. The van der Waals surface area contributed by atoms with Gasteiger partial charge in [0.2, 0.25) is 6.79 Å². The Morgan fingerprint density at radius 1 is 1.00 bits per heavy atom. The van der Waals surface area contributed by atoms with Gasteiger partial charge in [0.05, 0.1) is 17.1 Å². The first-order valence-electron chi connectivity index (χ1n) is 10.9. The molecule has 0 atom stereocenters. The molecule has 2 aliphatic heterocycles. The number of carbonyl (C=O) groups is 1. The van der Waals surface area contributed by atoms with Crippen molar-refractivity contribution in [3.8, 4) is 11.5 Å². The molecule has 0 unspecified atom stereocenters. The normalized spacial score (nSPS) is 16.0. The minimum Gasteiger partial charge on any atom is -0.458 e. The van der Waals surface area contributed by atoms with E-state index in [0.29, 0.717) is 11.3 Å². The fraction of sp³-hybridized carbons (Fsp3) is 0.375. The standard InChI is InChI=1S/C24H26N4O4/c1-16(2)32-24(29)22-23(26-19-6-4-3-5-18(19)25-22)28-11-9-27(10-12-28)14-17-7-8-20-21(13-17)31-15-30-20/h3-8,13,16H,9-12,14-15H2,1-2H3. The van der Waals surface area contributed by atoms with Crippen LogP contribution in [0.25, 0.3) is 11.0 Å². The third kappa shape index (κ3) is 4.18. The van der Waals surface area contributed by atoms with E-state index in [0.717, 1.165) is 49.7 Å². The number of hydrogen-bond donors (Lipinski definition) is 0. The van der Waals surface area contributed by atoms with Crippen molar-refractivity contribution in [3.63, 3.8) is 0 Å². The second-order valence-corrected chi connectivity index (χ2v) is 8.29. The molecule has 0 spiro atoms. The predicted octanol–water partition coefficient (Wildman–Crippen LogP) is 3.25. The summed E-state index contributed by atoms with van der Waals surface area (Å²) in [5.74, 6) is 1.77. The molecular weight excluding hydrogens is 408 g/mol. The monoisotopic (exact) mass is 434 g/mol. The van der Waals surface area contributed by atoms with E-state index in [1.54, 1.807) is 0 Å². The maximum absolute atomic E-state index is 12.8. The molecule has 0 bridgehead atoms. The summed E-state index contributed by atoms with van der Waals surface area (Å²) in [7, 11) is 0. The summed E-state index contributed by atoms with van der Waals surface area (Å²) in [6, 6.07) is 13.7. The Hall–Kier alpha value is -3.39. The van der Waals surface area contributed by atoms with Crippen LogP contribution in [-0.4, -0.2) is 59.9 Å². The fourth-order valence-corrected chi connectivity index (χ4v) is 4.03. The van der Waals surface area contributed by atoms with Crippen molar-refractivity contribution in [1.82, 2.24) is 14.9 Å². The van der Waals surface area contributed by atoms with Gasteiger partial charge in [-0.2, -0.15) is 0 Å². The molecule has 1 fully saturated rings. The Balaban J connectivity index is 1.33. The lowest BCUT2D eigenvalue weighted by molar-refractivity contribution is 0.0371. The number of nitrogens with zero attached hydrogens (tertiary/aromatic N) is 4. The van der Waals surface area contributed by atoms with Crippen molar-refractivity contribution < 1.29 is 19.0 Å². The smallest absolute Gasteiger partial charge is 0.361 e. The Bertz CT molecular complexity index is 1140. The SMILES string of the molecule is CC(C)OC(=O)c1nc2ccccc2nc1N1CCN(Cc2ccc3c(c2)OCO3)CC1. The van der Waals surface area contributed by atoms with Gasteiger partial charge in [0.25, 0.3) is 0 Å². The Kier molecular flexibility index (Phi) is 5.53. The van der Waals surface area contributed by atoms with Crippen LogP contribution in [0.5, 0.6) is 11.5 Å². The van der Waals surface area contributed by atoms with E-state index in [-0.39, 0.29) is 18.6 Å². The van der Waals surface area contributed by atoms with Gasteiger partial charge in [-0.3, -0.25) is 4.90 Å². The Labute approximate surface area is 186 Å². The third-order valence-corrected chi connectivity index (χ3v) is 5.60. The van der Waals surface area contributed by atoms with Crippen LogP contribution in [0.4, 0.5) is 5.82 Å². The van der Waals surface area contributed by atoms with Gasteiger partial charge in [-0.15, -0.1) is 0 Å². The van der Waals surface area contributed by atoms with Gasteiger partial charge < -0.3 is 19.1 Å². The highest BCUT2D eigenvalue weighted by Gasteiger charge is 2.26. The zero-order valence-electron chi connectivity index (χ0n) is 18.3. The number of hydrogen-bond acceptors (Lipinski definition) is 8. The molecular formula is C24H26N4O4. The van der Waals surface area contributed by atoms with Crippen molar-refractivity contribution >= 4 is 22.8 Å². The van der Waals surface area contributed by atoms with E-state index >= 15 is 0 Å². The summed E-state index contributed by atoms with van der Waals surface area (Å²) in [5.41, 5.74) is 2.93. The summed E-state index contributed by atoms with van der Waals surface area (Å²) >= 11 is 0. The molecule has 3 aromatic rings. The molecule has 5 rings (SSSR count). The van der Waals surface area contributed by atoms with E-state index in [4.69, 9.17) is 19.2 Å². The topological polar surface area (TPSA) is 77.0 Å². The van der Waals surface area contributed by atoms with Crippen LogP contribution in [0.3, 0.4) is 0 Å². The molecule has 1 aromatic heterocycles. The molecule has 0 aliphatic carbocycles. The van der Waals surface area contributed by atoms with Crippen molar-refractivity contribution in [1.29, 1.82) is 0 Å². The lowest BCUT2D eigenvalue weighted by Crippen LogP contribution is -2.46. The second kappa shape index (κ2) is 8.63. The highest BCUT2D eigenvalue weighted by atomic mass is 16.7. The van der Waals surface area contributed by atoms with E-state index in [1.165, 1.54) is 5.56 Å². The van der Waals surface area contributed by atoms with E-state index in [2.05, 4.69) is 20.9 Å². The minimum atomic E-state index is -0.434. The maximum atomic E-state index is 12.8. The van der Waals surface area contributed by atoms with Crippen LogP contribution >= 0.6 is 0 Å². The number of fused-ring (bicyclic) bond motifs is 2. The van der Waals surface area contributed by atoms with Gasteiger partial charge in [0.15, 0.2) is 23.0 Å². The number of para-hydroxylation sites is 2. The summed E-state index contributed by atoms with van der Waals surface area (Å²) in [6.45, 7) is 7.98. The van der Waals surface area contributed by atoms with Gasteiger partial charge in [-0.05, 0) is 43.7 Å². The number of benzene rings is 2. The molecule has 0 radical (unpaired) electrons. The average molecular weight is 434 g/mol. The van der Waals surface area contributed by atoms with E-state index in [1.807, 2.05) is 50.2 Å². The van der Waals surface area contributed by atoms with Crippen LogP contribution in [0.2, 0.25) is 0 Å². The van der Waals surface area contributed by atoms with Crippen LogP contribution in [0, 0.1) is 0 Å². The fourth-order valence-electron chi connectivity index (χ4n) is 4.03. The number of esters is 1. The number of aromatic nitrogens is 2. The number of carbonyl (C=O) groups excluding carboxylic acids is 1. The Morgan fingerprint density at radius 2 is 1.72 bits per heavy atom. The highest BCUT2D eigenvalue weighted by molar-refractivity contribution is 5.95. The number of anilines is 1. The van der Waals surface area contributed by atoms with Gasteiger partial charge >= 0.3 is 5.97 Å². The minimum absolute atomic E-state index is 0.220. The predicted molar refractivity (Wildman–Crippen MR) is 120 cm³/mol. The molecule has 1 saturated heterocycles. The quantitative estimate of drug-likeness (QED) is 0.567.